The van der Waals surface area contributed by atoms with Crippen LogP contribution in [-0.4, -0.2) is 43.5 Å². The van der Waals surface area contributed by atoms with Crippen molar-refractivity contribution in [2.75, 3.05) is 12.4 Å². The summed E-state index contributed by atoms with van der Waals surface area (Å²) in [4.78, 5) is 33.7. The molecule has 2 rings (SSSR count). The molecular formula is C13H14F2N6O5. The predicted molar refractivity (Wildman–Crippen MR) is 81.8 cm³/mol. The molecule has 0 aliphatic rings. The SMILES string of the molecule is COC(=O)c1nn(C)cc1NC(=O)Cn1nc(C(F)F)c([N+](=O)[O-])c1C. The van der Waals surface area contributed by atoms with Crippen LogP contribution in [0.1, 0.15) is 28.3 Å². The number of ether oxygens (including phenoxy) is 1. The van der Waals surface area contributed by atoms with Gasteiger partial charge in [-0.15, -0.1) is 0 Å². The molecule has 0 spiro atoms. The molecular weight excluding hydrogens is 358 g/mol. The Balaban J connectivity index is 2.25. The van der Waals surface area contributed by atoms with Gasteiger partial charge in [0, 0.05) is 13.2 Å². The van der Waals surface area contributed by atoms with Crippen molar-refractivity contribution >= 4 is 23.3 Å². The van der Waals surface area contributed by atoms with Gasteiger partial charge in [0.25, 0.3) is 6.43 Å². The number of aromatic nitrogens is 4. The van der Waals surface area contributed by atoms with Crippen molar-refractivity contribution in [1.29, 1.82) is 0 Å². The second kappa shape index (κ2) is 7.25. The smallest absolute Gasteiger partial charge is 0.360 e. The van der Waals surface area contributed by atoms with Crippen LogP contribution in [-0.2, 0) is 23.1 Å². The second-order valence-electron chi connectivity index (χ2n) is 5.14. The van der Waals surface area contributed by atoms with E-state index in [1.54, 1.807) is 0 Å². The van der Waals surface area contributed by atoms with Gasteiger partial charge < -0.3 is 10.1 Å². The van der Waals surface area contributed by atoms with Crippen LogP contribution < -0.4 is 5.32 Å². The van der Waals surface area contributed by atoms with Crippen LogP contribution in [0.25, 0.3) is 0 Å². The van der Waals surface area contributed by atoms with Gasteiger partial charge >= 0.3 is 11.7 Å². The normalized spacial score (nSPS) is 10.8. The fourth-order valence-corrected chi connectivity index (χ4v) is 2.24. The molecule has 0 aromatic carbocycles. The quantitative estimate of drug-likeness (QED) is 0.457. The van der Waals surface area contributed by atoms with E-state index in [2.05, 4.69) is 20.3 Å². The highest BCUT2D eigenvalue weighted by molar-refractivity contribution is 5.99. The first-order chi connectivity index (χ1) is 12.1. The average molecular weight is 372 g/mol. The highest BCUT2D eigenvalue weighted by Gasteiger charge is 2.31. The maximum absolute atomic E-state index is 12.9. The van der Waals surface area contributed by atoms with Crippen LogP contribution in [0, 0.1) is 17.0 Å². The van der Waals surface area contributed by atoms with Crippen molar-refractivity contribution in [2.45, 2.75) is 19.9 Å². The van der Waals surface area contributed by atoms with Crippen molar-refractivity contribution in [2.24, 2.45) is 7.05 Å². The standard InChI is InChI=1S/C13H14F2N6O5/c1-6-11(21(24)25)10(12(14)15)18-20(6)5-8(22)16-7-4-19(2)17-9(7)13(23)26-3/h4,12H,5H2,1-3H3,(H,16,22). The summed E-state index contributed by atoms with van der Waals surface area (Å²) in [6.45, 7) is 0.628. The monoisotopic (exact) mass is 372 g/mol. The van der Waals surface area contributed by atoms with Gasteiger partial charge in [0.2, 0.25) is 11.6 Å². The van der Waals surface area contributed by atoms with Crippen molar-refractivity contribution in [3.05, 3.63) is 33.4 Å². The summed E-state index contributed by atoms with van der Waals surface area (Å²) in [5.41, 5.74) is -2.17. The number of rotatable bonds is 6. The molecule has 140 valence electrons. The number of carbonyl (C=O) groups is 2. The Bertz CT molecular complexity index is 875. The van der Waals surface area contributed by atoms with E-state index >= 15 is 0 Å². The Hall–Kier alpha value is -3.38. The van der Waals surface area contributed by atoms with E-state index in [0.29, 0.717) is 0 Å². The Morgan fingerprint density at radius 2 is 2.08 bits per heavy atom. The highest BCUT2D eigenvalue weighted by atomic mass is 19.3. The molecule has 0 radical (unpaired) electrons. The summed E-state index contributed by atoms with van der Waals surface area (Å²) in [5, 5.41) is 20.6. The molecule has 0 bridgehead atoms. The van der Waals surface area contributed by atoms with Crippen LogP contribution in [0.15, 0.2) is 6.20 Å². The minimum Gasteiger partial charge on any atom is -0.464 e. The molecule has 2 aromatic rings. The first kappa shape index (κ1) is 19.0. The van der Waals surface area contributed by atoms with E-state index in [1.807, 2.05) is 0 Å². The number of amides is 1. The zero-order valence-electron chi connectivity index (χ0n) is 13.9. The van der Waals surface area contributed by atoms with Crippen molar-refractivity contribution < 1.29 is 28.0 Å². The lowest BCUT2D eigenvalue weighted by molar-refractivity contribution is -0.386. The topological polar surface area (TPSA) is 134 Å². The molecule has 0 aliphatic heterocycles. The largest absolute Gasteiger partial charge is 0.464 e. The van der Waals surface area contributed by atoms with E-state index in [1.165, 1.54) is 24.9 Å². The van der Waals surface area contributed by atoms with Crippen molar-refractivity contribution in [1.82, 2.24) is 19.6 Å². The fraction of sp³-hybridized carbons (Fsp3) is 0.385. The third-order valence-corrected chi connectivity index (χ3v) is 3.37. The number of alkyl halides is 2. The first-order valence-electron chi connectivity index (χ1n) is 7.07. The summed E-state index contributed by atoms with van der Waals surface area (Å²) >= 11 is 0. The van der Waals surface area contributed by atoms with Gasteiger partial charge in [-0.05, 0) is 6.92 Å². The van der Waals surface area contributed by atoms with E-state index in [9.17, 15) is 28.5 Å². The van der Waals surface area contributed by atoms with Gasteiger partial charge in [0.1, 0.15) is 12.2 Å². The molecule has 13 heteroatoms. The molecule has 2 aromatic heterocycles. The number of hydrogen-bond donors (Lipinski definition) is 1. The van der Waals surface area contributed by atoms with Crippen LogP contribution in [0.4, 0.5) is 20.2 Å². The van der Waals surface area contributed by atoms with E-state index in [0.717, 1.165) is 11.8 Å². The van der Waals surface area contributed by atoms with Gasteiger partial charge in [0.05, 0.1) is 17.7 Å². The molecule has 26 heavy (non-hydrogen) atoms. The van der Waals surface area contributed by atoms with Gasteiger partial charge in [-0.3, -0.25) is 24.3 Å². The number of esters is 1. The number of nitrogens with zero attached hydrogens (tertiary/aromatic N) is 5. The van der Waals surface area contributed by atoms with Crippen LogP contribution in [0.3, 0.4) is 0 Å². The number of anilines is 1. The Morgan fingerprint density at radius 1 is 1.42 bits per heavy atom. The second-order valence-corrected chi connectivity index (χ2v) is 5.14. The first-order valence-corrected chi connectivity index (χ1v) is 7.07. The number of nitrogens with one attached hydrogen (secondary N) is 1. The van der Waals surface area contributed by atoms with Gasteiger partial charge in [-0.1, -0.05) is 0 Å². The lowest BCUT2D eigenvalue weighted by Gasteiger charge is -2.05. The van der Waals surface area contributed by atoms with Crippen molar-refractivity contribution in [3.8, 4) is 0 Å². The molecule has 2 heterocycles. The summed E-state index contributed by atoms with van der Waals surface area (Å²) in [7, 11) is 2.65. The molecule has 11 nitrogen and oxygen atoms in total. The van der Waals surface area contributed by atoms with Gasteiger partial charge in [-0.25, -0.2) is 13.6 Å². The summed E-state index contributed by atoms with van der Waals surface area (Å²) in [5.74, 6) is -1.53. The van der Waals surface area contributed by atoms with Crippen LogP contribution >= 0.6 is 0 Å². The fourth-order valence-electron chi connectivity index (χ4n) is 2.24. The number of hydrogen-bond acceptors (Lipinski definition) is 7. The number of methoxy groups -OCH3 is 1. The van der Waals surface area contributed by atoms with E-state index < -0.39 is 41.2 Å². The van der Waals surface area contributed by atoms with Crippen molar-refractivity contribution in [3.63, 3.8) is 0 Å². The lowest BCUT2D eigenvalue weighted by Crippen LogP contribution is -2.21. The minimum absolute atomic E-state index is 0.0396. The molecule has 0 unspecified atom stereocenters. The maximum atomic E-state index is 12.9. The Morgan fingerprint density at radius 3 is 2.58 bits per heavy atom. The third-order valence-electron chi connectivity index (χ3n) is 3.37. The minimum atomic E-state index is -3.16. The molecule has 0 atom stereocenters. The highest BCUT2D eigenvalue weighted by Crippen LogP contribution is 2.30. The van der Waals surface area contributed by atoms with E-state index in [4.69, 9.17) is 0 Å². The Labute approximate surface area is 144 Å². The zero-order chi connectivity index (χ0) is 19.6. The Kier molecular flexibility index (Phi) is 5.28. The summed E-state index contributed by atoms with van der Waals surface area (Å²) < 4.78 is 32.4. The molecule has 0 fully saturated rings. The number of nitro groups is 1. The van der Waals surface area contributed by atoms with Crippen LogP contribution in [0.2, 0.25) is 0 Å². The van der Waals surface area contributed by atoms with Gasteiger partial charge in [-0.2, -0.15) is 10.2 Å². The molecule has 0 aliphatic carbocycles. The summed E-state index contributed by atoms with van der Waals surface area (Å²) in [6, 6.07) is 0. The average Bonchev–Trinajstić information content (AvgIpc) is 3.07. The number of halogens is 2. The lowest BCUT2D eigenvalue weighted by atomic mass is 10.3. The number of aryl methyl sites for hydroxylation is 1. The van der Waals surface area contributed by atoms with E-state index in [-0.39, 0.29) is 17.1 Å². The summed E-state index contributed by atoms with van der Waals surface area (Å²) in [6.07, 6.45) is -1.82. The van der Waals surface area contributed by atoms with Crippen LogP contribution in [0.5, 0.6) is 0 Å². The molecule has 1 amide bonds. The predicted octanol–water partition coefficient (Wildman–Crippen LogP) is 1.20. The molecule has 0 saturated carbocycles. The molecule has 0 saturated heterocycles. The maximum Gasteiger partial charge on any atom is 0.360 e. The number of carbonyl (C=O) groups excluding carboxylic acids is 2. The van der Waals surface area contributed by atoms with Gasteiger partial charge in [0.15, 0.2) is 5.69 Å². The third kappa shape index (κ3) is 3.65. The molecule has 1 N–H and O–H groups in total. The zero-order valence-corrected chi connectivity index (χ0v) is 13.9.